The first kappa shape index (κ1) is 17.5. The Morgan fingerprint density at radius 2 is 1.78 bits per heavy atom. The molecule has 5 rings (SSSR count). The molecule has 1 saturated heterocycles. The molecule has 3 aliphatic carbocycles. The molecule has 2 saturated carbocycles. The maximum Gasteiger partial charge on any atom is 0.225 e. The van der Waals surface area contributed by atoms with E-state index in [1.807, 2.05) is 4.90 Å². The van der Waals surface area contributed by atoms with Crippen molar-refractivity contribution in [3.05, 3.63) is 10.6 Å². The SMILES string of the molecule is O=C(NC1CC1)C1CCc2nc(N3CCN(C(=O)C4CCC4)CC3)sc2C1. The Morgan fingerprint density at radius 1 is 1.00 bits per heavy atom. The first-order valence-electron chi connectivity index (χ1n) is 10.5. The van der Waals surface area contributed by atoms with Crippen LogP contribution in [0.15, 0.2) is 0 Å². The van der Waals surface area contributed by atoms with Gasteiger partial charge in [0.05, 0.1) is 5.69 Å². The highest BCUT2D eigenvalue weighted by Crippen LogP contribution is 2.35. The second kappa shape index (κ2) is 7.08. The van der Waals surface area contributed by atoms with Crippen LogP contribution in [0.1, 0.15) is 49.1 Å². The Kier molecular flexibility index (Phi) is 4.58. The molecule has 0 aromatic carbocycles. The van der Waals surface area contributed by atoms with Crippen molar-refractivity contribution in [1.29, 1.82) is 0 Å². The highest BCUT2D eigenvalue weighted by molar-refractivity contribution is 7.15. The number of nitrogens with zero attached hydrogens (tertiary/aromatic N) is 3. The zero-order valence-electron chi connectivity index (χ0n) is 15.8. The van der Waals surface area contributed by atoms with Crippen molar-refractivity contribution in [2.75, 3.05) is 31.1 Å². The summed E-state index contributed by atoms with van der Waals surface area (Å²) >= 11 is 1.76. The number of aromatic nitrogens is 1. The number of thiazole rings is 1. The molecule has 0 spiro atoms. The van der Waals surface area contributed by atoms with Crippen LogP contribution in [0.3, 0.4) is 0 Å². The molecule has 1 aromatic heterocycles. The summed E-state index contributed by atoms with van der Waals surface area (Å²) in [5, 5.41) is 4.24. The van der Waals surface area contributed by atoms with Crippen molar-refractivity contribution in [2.45, 2.75) is 57.4 Å². The number of anilines is 1. The number of amides is 2. The number of carbonyl (C=O) groups is 2. The van der Waals surface area contributed by atoms with Gasteiger partial charge in [0.15, 0.2) is 5.13 Å². The minimum Gasteiger partial charge on any atom is -0.353 e. The standard InChI is InChI=1S/C20H28N4O2S/c25-18(21-15-5-6-15)14-4-7-16-17(12-14)27-20(22-16)24-10-8-23(9-11-24)19(26)13-2-1-3-13/h13-15H,1-12H2,(H,21,25). The normalized spacial score (nSPS) is 25.7. The van der Waals surface area contributed by atoms with E-state index in [0.29, 0.717) is 17.9 Å². The van der Waals surface area contributed by atoms with E-state index in [4.69, 9.17) is 4.98 Å². The van der Waals surface area contributed by atoms with Gasteiger partial charge in [0.2, 0.25) is 11.8 Å². The Bertz CT molecular complexity index is 732. The summed E-state index contributed by atoms with van der Waals surface area (Å²) in [5.74, 6) is 1.01. The van der Waals surface area contributed by atoms with Crippen molar-refractivity contribution < 1.29 is 9.59 Å². The third-order valence-electron chi connectivity index (χ3n) is 6.54. The van der Waals surface area contributed by atoms with Crippen molar-refractivity contribution in [1.82, 2.24) is 15.2 Å². The quantitative estimate of drug-likeness (QED) is 0.857. The second-order valence-electron chi connectivity index (χ2n) is 8.53. The number of hydrogen-bond donors (Lipinski definition) is 1. The topological polar surface area (TPSA) is 65.5 Å². The molecule has 0 bridgehead atoms. The van der Waals surface area contributed by atoms with Crippen LogP contribution < -0.4 is 10.2 Å². The predicted molar refractivity (Wildman–Crippen MR) is 105 cm³/mol. The minimum absolute atomic E-state index is 0.114. The highest BCUT2D eigenvalue weighted by Gasteiger charge is 2.34. The van der Waals surface area contributed by atoms with Gasteiger partial charge in [-0.3, -0.25) is 9.59 Å². The highest BCUT2D eigenvalue weighted by atomic mass is 32.1. The summed E-state index contributed by atoms with van der Waals surface area (Å²) in [5.41, 5.74) is 1.19. The van der Waals surface area contributed by atoms with E-state index in [1.54, 1.807) is 11.3 Å². The monoisotopic (exact) mass is 388 g/mol. The second-order valence-corrected chi connectivity index (χ2v) is 9.59. The molecule has 27 heavy (non-hydrogen) atoms. The number of fused-ring (bicyclic) bond motifs is 1. The van der Waals surface area contributed by atoms with Crippen molar-refractivity contribution >= 4 is 28.3 Å². The Labute approximate surface area is 164 Å². The number of piperazine rings is 1. The number of nitrogens with one attached hydrogen (secondary N) is 1. The lowest BCUT2D eigenvalue weighted by Gasteiger charge is -2.38. The van der Waals surface area contributed by atoms with Crippen molar-refractivity contribution in [3.63, 3.8) is 0 Å². The third kappa shape index (κ3) is 3.58. The number of aryl methyl sites for hydroxylation is 1. The van der Waals surface area contributed by atoms with Gasteiger partial charge in [-0.25, -0.2) is 4.98 Å². The number of hydrogen-bond acceptors (Lipinski definition) is 5. The van der Waals surface area contributed by atoms with Gasteiger partial charge < -0.3 is 15.1 Å². The van der Waals surface area contributed by atoms with Crippen LogP contribution in [0.25, 0.3) is 0 Å². The number of rotatable bonds is 4. The summed E-state index contributed by atoms with van der Waals surface area (Å²) < 4.78 is 0. The van der Waals surface area contributed by atoms with Crippen LogP contribution in [0, 0.1) is 11.8 Å². The molecule has 6 nitrogen and oxygen atoms in total. The van der Waals surface area contributed by atoms with E-state index < -0.39 is 0 Å². The van der Waals surface area contributed by atoms with E-state index in [-0.39, 0.29) is 11.8 Å². The zero-order valence-corrected chi connectivity index (χ0v) is 16.6. The van der Waals surface area contributed by atoms with E-state index >= 15 is 0 Å². The molecule has 1 N–H and O–H groups in total. The molecule has 1 atom stereocenters. The average molecular weight is 389 g/mol. The van der Waals surface area contributed by atoms with Crippen LogP contribution in [0.2, 0.25) is 0 Å². The molecule has 2 heterocycles. The predicted octanol–water partition coefficient (Wildman–Crippen LogP) is 1.98. The summed E-state index contributed by atoms with van der Waals surface area (Å²) in [6.07, 6.45) is 8.31. The molecule has 1 unspecified atom stereocenters. The van der Waals surface area contributed by atoms with Gasteiger partial charge in [-0.2, -0.15) is 0 Å². The minimum atomic E-state index is 0.114. The molecule has 1 aliphatic heterocycles. The Morgan fingerprint density at radius 3 is 2.44 bits per heavy atom. The molecule has 1 aromatic rings. The fourth-order valence-electron chi connectivity index (χ4n) is 4.30. The van der Waals surface area contributed by atoms with Crippen molar-refractivity contribution in [2.24, 2.45) is 11.8 Å². The van der Waals surface area contributed by atoms with E-state index in [1.165, 1.54) is 17.0 Å². The van der Waals surface area contributed by atoms with Crippen molar-refractivity contribution in [3.8, 4) is 0 Å². The molecule has 2 amide bonds. The largest absolute Gasteiger partial charge is 0.353 e. The van der Waals surface area contributed by atoms with E-state index in [9.17, 15) is 9.59 Å². The lowest BCUT2D eigenvalue weighted by atomic mass is 9.84. The van der Waals surface area contributed by atoms with E-state index in [2.05, 4.69) is 10.2 Å². The molecule has 146 valence electrons. The smallest absolute Gasteiger partial charge is 0.225 e. The van der Waals surface area contributed by atoms with Gasteiger partial charge in [-0.05, 0) is 44.9 Å². The number of carbonyl (C=O) groups excluding carboxylic acids is 2. The summed E-state index contributed by atoms with van der Waals surface area (Å²) in [6.45, 7) is 3.37. The maximum atomic E-state index is 12.4. The lowest BCUT2D eigenvalue weighted by molar-refractivity contribution is -0.138. The van der Waals surface area contributed by atoms with Gasteiger partial charge >= 0.3 is 0 Å². The molecule has 7 heteroatoms. The fourth-order valence-corrected chi connectivity index (χ4v) is 5.54. The van der Waals surface area contributed by atoms with Gasteiger partial charge in [-0.1, -0.05) is 6.42 Å². The molecular formula is C20H28N4O2S. The van der Waals surface area contributed by atoms with Crippen LogP contribution in [0.4, 0.5) is 5.13 Å². The Balaban J connectivity index is 1.18. The summed E-state index contributed by atoms with van der Waals surface area (Å²) in [6, 6.07) is 0.440. The maximum absolute atomic E-state index is 12.4. The zero-order chi connectivity index (χ0) is 18.4. The fraction of sp³-hybridized carbons (Fsp3) is 0.750. The molecular weight excluding hydrogens is 360 g/mol. The summed E-state index contributed by atoms with van der Waals surface area (Å²) in [7, 11) is 0. The Hall–Kier alpha value is -1.63. The summed E-state index contributed by atoms with van der Waals surface area (Å²) in [4.78, 5) is 35.3. The van der Waals surface area contributed by atoms with Gasteiger partial charge in [-0.15, -0.1) is 11.3 Å². The first-order chi connectivity index (χ1) is 13.2. The molecule has 0 radical (unpaired) electrons. The van der Waals surface area contributed by atoms with Crippen LogP contribution in [-0.4, -0.2) is 53.9 Å². The van der Waals surface area contributed by atoms with Gasteiger partial charge in [0.25, 0.3) is 0 Å². The average Bonchev–Trinajstić information content (AvgIpc) is 3.34. The lowest BCUT2D eigenvalue weighted by Crippen LogP contribution is -2.51. The van der Waals surface area contributed by atoms with Gasteiger partial charge in [0, 0.05) is 48.9 Å². The first-order valence-corrected chi connectivity index (χ1v) is 11.3. The van der Waals surface area contributed by atoms with Crippen LogP contribution in [0.5, 0.6) is 0 Å². The molecule has 4 aliphatic rings. The third-order valence-corrected chi connectivity index (χ3v) is 7.72. The van der Waals surface area contributed by atoms with Gasteiger partial charge in [0.1, 0.15) is 0 Å². The van der Waals surface area contributed by atoms with Crippen LogP contribution >= 0.6 is 11.3 Å². The molecule has 3 fully saturated rings. The van der Waals surface area contributed by atoms with Crippen LogP contribution in [-0.2, 0) is 22.4 Å². The van der Waals surface area contributed by atoms with E-state index in [0.717, 1.165) is 76.3 Å².